The summed E-state index contributed by atoms with van der Waals surface area (Å²) < 4.78 is 16.0. The number of benzene rings is 1. The van der Waals surface area contributed by atoms with Crippen molar-refractivity contribution in [3.05, 3.63) is 40.4 Å². The molecule has 102 valence electrons. The van der Waals surface area contributed by atoms with Gasteiger partial charge in [0.15, 0.2) is 0 Å². The molecule has 0 saturated heterocycles. The van der Waals surface area contributed by atoms with Gasteiger partial charge in [-0.15, -0.1) is 0 Å². The van der Waals surface area contributed by atoms with E-state index in [2.05, 4.69) is 26.2 Å². The van der Waals surface area contributed by atoms with E-state index < -0.39 is 0 Å². The first kappa shape index (κ1) is 13.9. The largest absolute Gasteiger partial charge is 0.379 e. The number of halogens is 2. The third-order valence-electron chi connectivity index (χ3n) is 2.80. The zero-order valence-electron chi connectivity index (χ0n) is 11.1. The van der Waals surface area contributed by atoms with Crippen LogP contribution in [0, 0.1) is 5.82 Å². The van der Waals surface area contributed by atoms with Crippen LogP contribution in [0.2, 0.25) is 0 Å². The second kappa shape index (κ2) is 5.61. The maximum atomic E-state index is 13.2. The van der Waals surface area contributed by atoms with Gasteiger partial charge in [0, 0.05) is 31.3 Å². The molecule has 1 aromatic carbocycles. The third-order valence-corrected chi connectivity index (χ3v) is 3.25. The molecule has 0 aliphatic carbocycles. The van der Waals surface area contributed by atoms with Gasteiger partial charge in [-0.3, -0.25) is 0 Å². The summed E-state index contributed by atoms with van der Waals surface area (Å²) in [7, 11) is 5.85. The van der Waals surface area contributed by atoms with Gasteiger partial charge in [-0.1, -0.05) is 15.9 Å². The Balaban J connectivity index is 2.10. The number of anilines is 2. The lowest BCUT2D eigenvalue weighted by molar-refractivity contribution is 0.627. The van der Waals surface area contributed by atoms with E-state index in [-0.39, 0.29) is 5.82 Å². The summed E-state index contributed by atoms with van der Waals surface area (Å²) in [5, 5.41) is 3.19. The van der Waals surface area contributed by atoms with Gasteiger partial charge in [0.25, 0.3) is 0 Å². The SMILES string of the molecule is CN(C)c1ncc(CNc2cc(F)cc(Br)c2)n1C. The number of rotatable bonds is 4. The Morgan fingerprint density at radius 2 is 2.11 bits per heavy atom. The monoisotopic (exact) mass is 326 g/mol. The second-order valence-electron chi connectivity index (χ2n) is 4.51. The Bertz CT molecular complexity index is 560. The third kappa shape index (κ3) is 3.26. The molecule has 19 heavy (non-hydrogen) atoms. The fourth-order valence-corrected chi connectivity index (χ4v) is 2.33. The van der Waals surface area contributed by atoms with E-state index in [9.17, 15) is 4.39 Å². The second-order valence-corrected chi connectivity index (χ2v) is 5.43. The first-order chi connectivity index (χ1) is 8.97. The molecule has 0 radical (unpaired) electrons. The predicted molar refractivity (Wildman–Crippen MR) is 79.0 cm³/mol. The summed E-state index contributed by atoms with van der Waals surface area (Å²) in [6.45, 7) is 0.591. The summed E-state index contributed by atoms with van der Waals surface area (Å²) in [6.07, 6.45) is 1.82. The molecule has 0 saturated carbocycles. The lowest BCUT2D eigenvalue weighted by Gasteiger charge is -2.13. The predicted octanol–water partition coefficient (Wildman–Crippen LogP) is 3.00. The van der Waals surface area contributed by atoms with Crippen molar-refractivity contribution < 1.29 is 4.39 Å². The van der Waals surface area contributed by atoms with Crippen LogP contribution in [-0.4, -0.2) is 23.6 Å². The number of nitrogens with one attached hydrogen (secondary N) is 1. The van der Waals surface area contributed by atoms with Crippen molar-refractivity contribution in [2.75, 3.05) is 24.3 Å². The number of imidazole rings is 1. The van der Waals surface area contributed by atoms with E-state index in [4.69, 9.17) is 0 Å². The van der Waals surface area contributed by atoms with Crippen LogP contribution in [0.15, 0.2) is 28.9 Å². The van der Waals surface area contributed by atoms with Crippen LogP contribution < -0.4 is 10.2 Å². The molecule has 0 unspecified atom stereocenters. The minimum absolute atomic E-state index is 0.268. The van der Waals surface area contributed by atoms with E-state index in [1.807, 2.05) is 42.9 Å². The lowest BCUT2D eigenvalue weighted by Crippen LogP contribution is -2.15. The average molecular weight is 327 g/mol. The highest BCUT2D eigenvalue weighted by Gasteiger charge is 2.08. The molecule has 0 fully saturated rings. The molecule has 0 aliphatic heterocycles. The zero-order chi connectivity index (χ0) is 14.0. The van der Waals surface area contributed by atoms with Crippen molar-refractivity contribution in [2.24, 2.45) is 7.05 Å². The van der Waals surface area contributed by atoms with Gasteiger partial charge in [0.1, 0.15) is 5.82 Å². The molecule has 2 aromatic rings. The van der Waals surface area contributed by atoms with Gasteiger partial charge in [0.2, 0.25) is 5.95 Å². The Labute approximate surface area is 120 Å². The van der Waals surface area contributed by atoms with Gasteiger partial charge in [-0.2, -0.15) is 0 Å². The van der Waals surface area contributed by atoms with Gasteiger partial charge >= 0.3 is 0 Å². The van der Waals surface area contributed by atoms with Crippen LogP contribution in [0.4, 0.5) is 16.0 Å². The summed E-state index contributed by atoms with van der Waals surface area (Å²) in [4.78, 5) is 6.27. The van der Waals surface area contributed by atoms with Crippen LogP contribution in [0.1, 0.15) is 5.69 Å². The normalized spacial score (nSPS) is 10.6. The highest BCUT2D eigenvalue weighted by atomic mass is 79.9. The minimum atomic E-state index is -0.268. The number of hydrogen-bond acceptors (Lipinski definition) is 3. The molecule has 0 atom stereocenters. The fraction of sp³-hybridized carbons (Fsp3) is 0.308. The summed E-state index contributed by atoms with van der Waals surface area (Å²) in [5.41, 5.74) is 1.77. The lowest BCUT2D eigenvalue weighted by atomic mass is 10.3. The molecule has 4 nitrogen and oxygen atoms in total. The molecule has 0 bridgehead atoms. The van der Waals surface area contributed by atoms with Crippen molar-refractivity contribution in [1.82, 2.24) is 9.55 Å². The Hall–Kier alpha value is -1.56. The van der Waals surface area contributed by atoms with Crippen LogP contribution in [0.5, 0.6) is 0 Å². The van der Waals surface area contributed by atoms with E-state index in [0.29, 0.717) is 11.0 Å². The number of aromatic nitrogens is 2. The highest BCUT2D eigenvalue weighted by Crippen LogP contribution is 2.19. The molecule has 1 aromatic heterocycles. The average Bonchev–Trinajstić information content (AvgIpc) is 2.67. The Morgan fingerprint density at radius 3 is 2.68 bits per heavy atom. The van der Waals surface area contributed by atoms with Gasteiger partial charge in [-0.25, -0.2) is 9.37 Å². The smallest absolute Gasteiger partial charge is 0.204 e. The minimum Gasteiger partial charge on any atom is -0.379 e. The van der Waals surface area contributed by atoms with Crippen molar-refractivity contribution in [1.29, 1.82) is 0 Å². The maximum Gasteiger partial charge on any atom is 0.204 e. The van der Waals surface area contributed by atoms with Crippen molar-refractivity contribution in [3.8, 4) is 0 Å². The van der Waals surface area contributed by atoms with Crippen molar-refractivity contribution in [2.45, 2.75) is 6.54 Å². The molecule has 1 heterocycles. The number of hydrogen-bond donors (Lipinski definition) is 1. The van der Waals surface area contributed by atoms with E-state index in [1.165, 1.54) is 12.1 Å². The highest BCUT2D eigenvalue weighted by molar-refractivity contribution is 9.10. The molecule has 0 amide bonds. The van der Waals surface area contributed by atoms with Crippen LogP contribution in [0.3, 0.4) is 0 Å². The van der Waals surface area contributed by atoms with Crippen molar-refractivity contribution >= 4 is 27.6 Å². The number of nitrogens with zero attached hydrogens (tertiary/aromatic N) is 3. The van der Waals surface area contributed by atoms with E-state index in [1.54, 1.807) is 0 Å². The van der Waals surface area contributed by atoms with Gasteiger partial charge < -0.3 is 14.8 Å². The Kier molecular flexibility index (Phi) is 4.09. The molecular weight excluding hydrogens is 311 g/mol. The van der Waals surface area contributed by atoms with Crippen molar-refractivity contribution in [3.63, 3.8) is 0 Å². The standard InChI is InChI=1S/C13H16BrFN4/c1-18(2)13-17-8-12(19(13)3)7-16-11-5-9(14)4-10(15)6-11/h4-6,8,16H,7H2,1-3H3. The van der Waals surface area contributed by atoms with Crippen LogP contribution >= 0.6 is 15.9 Å². The summed E-state index contributed by atoms with van der Waals surface area (Å²) in [6, 6.07) is 4.74. The molecule has 0 spiro atoms. The summed E-state index contributed by atoms with van der Waals surface area (Å²) in [5.74, 6) is 0.619. The van der Waals surface area contributed by atoms with Gasteiger partial charge in [0.05, 0.1) is 18.4 Å². The van der Waals surface area contributed by atoms with E-state index in [0.717, 1.165) is 17.3 Å². The van der Waals surface area contributed by atoms with Gasteiger partial charge in [-0.05, 0) is 18.2 Å². The molecular formula is C13H16BrFN4. The quantitative estimate of drug-likeness (QED) is 0.937. The zero-order valence-corrected chi connectivity index (χ0v) is 12.7. The molecule has 6 heteroatoms. The van der Waals surface area contributed by atoms with Crippen LogP contribution in [-0.2, 0) is 13.6 Å². The topological polar surface area (TPSA) is 33.1 Å². The fourth-order valence-electron chi connectivity index (χ4n) is 1.86. The molecule has 0 aliphatic rings. The molecule has 2 rings (SSSR count). The first-order valence-electron chi connectivity index (χ1n) is 5.85. The summed E-state index contributed by atoms with van der Waals surface area (Å²) >= 11 is 3.27. The Morgan fingerprint density at radius 1 is 1.37 bits per heavy atom. The van der Waals surface area contributed by atoms with Crippen LogP contribution in [0.25, 0.3) is 0 Å². The maximum absolute atomic E-state index is 13.2. The first-order valence-corrected chi connectivity index (χ1v) is 6.64. The molecule has 1 N–H and O–H groups in total. The van der Waals surface area contributed by atoms with E-state index >= 15 is 0 Å².